The van der Waals surface area contributed by atoms with Crippen molar-refractivity contribution < 1.29 is 5.11 Å². The van der Waals surface area contributed by atoms with E-state index in [9.17, 15) is 5.11 Å². The minimum atomic E-state index is -0.131. The molecule has 2 aromatic heterocycles. The van der Waals surface area contributed by atoms with E-state index in [0.29, 0.717) is 11.8 Å². The van der Waals surface area contributed by atoms with Crippen LogP contribution in [0.4, 0.5) is 17.5 Å². The maximum Gasteiger partial charge on any atom is 0.225 e. The summed E-state index contributed by atoms with van der Waals surface area (Å²) < 4.78 is 0. The highest BCUT2D eigenvalue weighted by Gasteiger charge is 2.16. The van der Waals surface area contributed by atoms with Crippen LogP contribution in [0.25, 0.3) is 11.3 Å². The average molecular weight is 406 g/mol. The van der Waals surface area contributed by atoms with Crippen LogP contribution in [-0.2, 0) is 5.41 Å². The Morgan fingerprint density at radius 1 is 1.03 bits per heavy atom. The molecule has 0 saturated carbocycles. The van der Waals surface area contributed by atoms with E-state index in [-0.39, 0.29) is 24.0 Å². The zero-order chi connectivity index (χ0) is 21.7. The molecule has 0 aliphatic carbocycles. The zero-order valence-electron chi connectivity index (χ0n) is 18.3. The Kier molecular flexibility index (Phi) is 6.67. The molecule has 3 aromatic rings. The molecular formula is C24H31N5O. The van der Waals surface area contributed by atoms with Gasteiger partial charge in [0.25, 0.3) is 0 Å². The third-order valence-corrected chi connectivity index (χ3v) is 5.02. The predicted molar refractivity (Wildman–Crippen MR) is 123 cm³/mol. The van der Waals surface area contributed by atoms with Crippen LogP contribution in [0, 0.1) is 5.92 Å². The van der Waals surface area contributed by atoms with Gasteiger partial charge in [0.05, 0.1) is 18.3 Å². The van der Waals surface area contributed by atoms with Crippen molar-refractivity contribution in [3.8, 4) is 11.3 Å². The van der Waals surface area contributed by atoms with E-state index < -0.39 is 0 Å². The lowest BCUT2D eigenvalue weighted by Crippen LogP contribution is -2.30. The van der Waals surface area contributed by atoms with Crippen molar-refractivity contribution in [2.24, 2.45) is 5.92 Å². The fourth-order valence-corrected chi connectivity index (χ4v) is 3.03. The first-order valence-electron chi connectivity index (χ1n) is 10.3. The summed E-state index contributed by atoms with van der Waals surface area (Å²) in [6, 6.07) is 14.0. The molecule has 0 spiro atoms. The molecule has 0 aliphatic heterocycles. The van der Waals surface area contributed by atoms with E-state index in [1.807, 2.05) is 18.2 Å². The standard InChI is InChI=1S/C24H31N5O/c1-16(2)21(15-30)28-23-27-20(17-7-6-12-25-14-17)13-22(29-23)26-19-10-8-18(9-11-19)24(3,4)5/h6-14,16,21,30H,15H2,1-5H3,(H2,26,27,28,29)/t21-/m0/s1. The van der Waals surface area contributed by atoms with Gasteiger partial charge in [0.15, 0.2) is 0 Å². The topological polar surface area (TPSA) is 83.0 Å². The Morgan fingerprint density at radius 3 is 2.33 bits per heavy atom. The summed E-state index contributed by atoms with van der Waals surface area (Å²) in [4.78, 5) is 13.5. The second kappa shape index (κ2) is 9.22. The fourth-order valence-electron chi connectivity index (χ4n) is 3.03. The summed E-state index contributed by atoms with van der Waals surface area (Å²) >= 11 is 0. The molecule has 3 rings (SSSR count). The van der Waals surface area contributed by atoms with E-state index in [0.717, 1.165) is 16.9 Å². The maximum atomic E-state index is 9.70. The second-order valence-electron chi connectivity index (χ2n) is 8.83. The number of anilines is 3. The molecule has 0 saturated heterocycles. The van der Waals surface area contributed by atoms with Crippen LogP contribution in [-0.4, -0.2) is 32.7 Å². The number of aliphatic hydroxyl groups excluding tert-OH is 1. The van der Waals surface area contributed by atoms with Crippen molar-refractivity contribution in [2.75, 3.05) is 17.2 Å². The van der Waals surface area contributed by atoms with Crippen LogP contribution < -0.4 is 10.6 Å². The summed E-state index contributed by atoms with van der Waals surface area (Å²) in [7, 11) is 0. The van der Waals surface area contributed by atoms with Crippen molar-refractivity contribution in [1.29, 1.82) is 0 Å². The Balaban J connectivity index is 1.93. The molecule has 158 valence electrons. The van der Waals surface area contributed by atoms with Crippen LogP contribution in [0.2, 0.25) is 0 Å². The van der Waals surface area contributed by atoms with Crippen LogP contribution in [0.1, 0.15) is 40.2 Å². The predicted octanol–water partition coefficient (Wildman–Crippen LogP) is 5.01. The number of aromatic nitrogens is 3. The second-order valence-corrected chi connectivity index (χ2v) is 8.83. The molecule has 0 amide bonds. The lowest BCUT2D eigenvalue weighted by molar-refractivity contribution is 0.248. The molecule has 6 nitrogen and oxygen atoms in total. The average Bonchev–Trinajstić information content (AvgIpc) is 2.72. The van der Waals surface area contributed by atoms with Crippen molar-refractivity contribution >= 4 is 17.5 Å². The Hall–Kier alpha value is -2.99. The number of rotatable bonds is 7. The molecule has 1 aromatic carbocycles. The summed E-state index contributed by atoms with van der Waals surface area (Å²) in [6.45, 7) is 10.7. The highest BCUT2D eigenvalue weighted by Crippen LogP contribution is 2.26. The number of hydrogen-bond acceptors (Lipinski definition) is 6. The lowest BCUT2D eigenvalue weighted by atomic mass is 9.87. The van der Waals surface area contributed by atoms with Crippen molar-refractivity contribution in [2.45, 2.75) is 46.1 Å². The van der Waals surface area contributed by atoms with Gasteiger partial charge in [0, 0.05) is 29.7 Å². The van der Waals surface area contributed by atoms with Crippen LogP contribution >= 0.6 is 0 Å². The normalized spacial score (nSPS) is 12.6. The van der Waals surface area contributed by atoms with Gasteiger partial charge in [0.2, 0.25) is 5.95 Å². The summed E-state index contributed by atoms with van der Waals surface area (Å²) in [5, 5.41) is 16.3. The SMILES string of the molecule is CC(C)[C@H](CO)Nc1nc(Nc2ccc(C(C)(C)C)cc2)cc(-c2cccnc2)n1. The van der Waals surface area contributed by atoms with Crippen molar-refractivity contribution in [3.63, 3.8) is 0 Å². The fraction of sp³-hybridized carbons (Fsp3) is 0.375. The van der Waals surface area contributed by atoms with Gasteiger partial charge in [-0.1, -0.05) is 46.8 Å². The molecular weight excluding hydrogens is 374 g/mol. The number of benzene rings is 1. The van der Waals surface area contributed by atoms with E-state index in [1.54, 1.807) is 12.4 Å². The number of hydrogen-bond donors (Lipinski definition) is 3. The molecule has 6 heteroatoms. The van der Waals surface area contributed by atoms with E-state index in [1.165, 1.54) is 5.56 Å². The number of aliphatic hydroxyl groups is 1. The smallest absolute Gasteiger partial charge is 0.225 e. The molecule has 0 fully saturated rings. The van der Waals surface area contributed by atoms with Gasteiger partial charge in [0.1, 0.15) is 5.82 Å². The Morgan fingerprint density at radius 2 is 1.77 bits per heavy atom. The molecule has 2 heterocycles. The van der Waals surface area contributed by atoms with Crippen molar-refractivity contribution in [3.05, 3.63) is 60.4 Å². The van der Waals surface area contributed by atoms with Crippen LogP contribution in [0.5, 0.6) is 0 Å². The summed E-state index contributed by atoms with van der Waals surface area (Å²) in [6.07, 6.45) is 3.51. The lowest BCUT2D eigenvalue weighted by Gasteiger charge is -2.21. The molecule has 0 unspecified atom stereocenters. The third-order valence-electron chi connectivity index (χ3n) is 5.02. The highest BCUT2D eigenvalue weighted by atomic mass is 16.3. The quantitative estimate of drug-likeness (QED) is 0.513. The van der Waals surface area contributed by atoms with E-state index >= 15 is 0 Å². The molecule has 0 aliphatic rings. The molecule has 30 heavy (non-hydrogen) atoms. The largest absolute Gasteiger partial charge is 0.394 e. The van der Waals surface area contributed by atoms with Crippen LogP contribution in [0.3, 0.4) is 0 Å². The third kappa shape index (κ3) is 5.54. The van der Waals surface area contributed by atoms with Gasteiger partial charge >= 0.3 is 0 Å². The molecule has 0 radical (unpaired) electrons. The van der Waals surface area contributed by atoms with Gasteiger partial charge < -0.3 is 15.7 Å². The highest BCUT2D eigenvalue weighted by molar-refractivity contribution is 5.67. The van der Waals surface area contributed by atoms with Gasteiger partial charge in [-0.05, 0) is 41.2 Å². The number of nitrogens with zero attached hydrogens (tertiary/aromatic N) is 3. The Bertz CT molecular complexity index is 950. The zero-order valence-corrected chi connectivity index (χ0v) is 18.3. The summed E-state index contributed by atoms with van der Waals surface area (Å²) in [5.41, 5.74) is 3.99. The van der Waals surface area contributed by atoms with Gasteiger partial charge in [-0.25, -0.2) is 4.98 Å². The molecule has 3 N–H and O–H groups in total. The van der Waals surface area contributed by atoms with Gasteiger partial charge in [-0.2, -0.15) is 4.98 Å². The molecule has 0 bridgehead atoms. The molecule has 1 atom stereocenters. The number of nitrogens with one attached hydrogen (secondary N) is 2. The van der Waals surface area contributed by atoms with Gasteiger partial charge in [-0.15, -0.1) is 0 Å². The van der Waals surface area contributed by atoms with Gasteiger partial charge in [-0.3, -0.25) is 4.98 Å². The van der Waals surface area contributed by atoms with Crippen molar-refractivity contribution in [1.82, 2.24) is 15.0 Å². The monoisotopic (exact) mass is 405 g/mol. The van der Waals surface area contributed by atoms with Crippen LogP contribution in [0.15, 0.2) is 54.9 Å². The first kappa shape index (κ1) is 21.7. The minimum absolute atomic E-state index is 0.00910. The Labute approximate surface area is 178 Å². The first-order valence-corrected chi connectivity index (χ1v) is 10.3. The number of pyridine rings is 1. The maximum absolute atomic E-state index is 9.70. The van der Waals surface area contributed by atoms with E-state index in [4.69, 9.17) is 0 Å². The first-order chi connectivity index (χ1) is 14.3. The summed E-state index contributed by atoms with van der Waals surface area (Å²) in [5.74, 6) is 1.38. The van der Waals surface area contributed by atoms with E-state index in [2.05, 4.69) is 84.5 Å². The minimum Gasteiger partial charge on any atom is -0.394 e.